The highest BCUT2D eigenvalue weighted by molar-refractivity contribution is 5.92. The number of hydrogen-bond donors (Lipinski definition) is 1. The number of para-hydroxylation sites is 1. The monoisotopic (exact) mass is 541 g/mol. The van der Waals surface area contributed by atoms with Gasteiger partial charge in [-0.25, -0.2) is 0 Å². The minimum atomic E-state index is -5.01. The van der Waals surface area contributed by atoms with Crippen molar-refractivity contribution in [3.8, 4) is 23.0 Å². The van der Waals surface area contributed by atoms with Gasteiger partial charge in [-0.05, 0) is 60.9 Å². The molecule has 0 fully saturated rings. The highest BCUT2D eigenvalue weighted by Gasteiger charge is 2.40. The Bertz CT molecular complexity index is 1530. The summed E-state index contributed by atoms with van der Waals surface area (Å²) in [5.41, 5.74) is -0.196. The minimum Gasteiger partial charge on any atom is -0.494 e. The van der Waals surface area contributed by atoms with Crippen LogP contribution in [0.5, 0.6) is 23.0 Å². The van der Waals surface area contributed by atoms with Gasteiger partial charge >= 0.3 is 6.18 Å². The molecule has 1 amide bonds. The van der Waals surface area contributed by atoms with Gasteiger partial charge in [0.2, 0.25) is 11.2 Å². The Balaban J connectivity index is 1.57. The Morgan fingerprint density at radius 1 is 0.974 bits per heavy atom. The average Bonchev–Trinajstić information content (AvgIpc) is 2.89. The Kier molecular flexibility index (Phi) is 8.13. The summed E-state index contributed by atoms with van der Waals surface area (Å²) >= 11 is 0. The Labute approximate surface area is 222 Å². The van der Waals surface area contributed by atoms with Gasteiger partial charge in [0.25, 0.3) is 11.7 Å². The molecule has 4 rings (SSSR count). The van der Waals surface area contributed by atoms with Crippen LogP contribution in [0.1, 0.15) is 38.0 Å². The first-order valence-corrected chi connectivity index (χ1v) is 12.2. The van der Waals surface area contributed by atoms with Crippen molar-refractivity contribution in [2.24, 2.45) is 0 Å². The standard InChI is InChI=1S/C29H26F3NO6/c1-4-36-19-11-9-18(10-12-19)33-25(34)16-37-20-13-14-22-24(15-20)39-28(29(30,31)32)27(26(22)35)38-23-8-6-5-7-21(23)17(2)3/h5-15,17H,4,16H2,1-3H3,(H,33,34). The molecule has 1 heterocycles. The highest BCUT2D eigenvalue weighted by atomic mass is 19.4. The van der Waals surface area contributed by atoms with Crippen molar-refractivity contribution in [1.82, 2.24) is 0 Å². The fourth-order valence-corrected chi connectivity index (χ4v) is 3.83. The molecule has 0 saturated heterocycles. The first-order valence-electron chi connectivity index (χ1n) is 12.2. The van der Waals surface area contributed by atoms with Crippen LogP contribution >= 0.6 is 0 Å². The summed E-state index contributed by atoms with van der Waals surface area (Å²) in [4.78, 5) is 25.4. The SMILES string of the molecule is CCOc1ccc(NC(=O)COc2ccc3c(=O)c(Oc4ccccc4C(C)C)c(C(F)(F)F)oc3c2)cc1. The normalized spacial score (nSPS) is 11.5. The van der Waals surface area contributed by atoms with E-state index in [2.05, 4.69) is 5.32 Å². The molecule has 204 valence electrons. The molecule has 0 saturated carbocycles. The second kappa shape index (κ2) is 11.5. The van der Waals surface area contributed by atoms with Crippen molar-refractivity contribution >= 4 is 22.6 Å². The van der Waals surface area contributed by atoms with Crippen LogP contribution in [-0.4, -0.2) is 19.1 Å². The summed E-state index contributed by atoms with van der Waals surface area (Å²) in [6.07, 6.45) is -5.01. The summed E-state index contributed by atoms with van der Waals surface area (Å²) < 4.78 is 63.3. The van der Waals surface area contributed by atoms with Crippen LogP contribution in [0.3, 0.4) is 0 Å². The van der Waals surface area contributed by atoms with E-state index < -0.39 is 35.6 Å². The minimum absolute atomic E-state index is 0.0411. The lowest BCUT2D eigenvalue weighted by molar-refractivity contribution is -0.154. The van der Waals surface area contributed by atoms with E-state index >= 15 is 0 Å². The van der Waals surface area contributed by atoms with Gasteiger partial charge in [-0.2, -0.15) is 13.2 Å². The average molecular weight is 542 g/mol. The summed E-state index contributed by atoms with van der Waals surface area (Å²) in [6.45, 7) is 5.65. The van der Waals surface area contributed by atoms with Crippen molar-refractivity contribution < 1.29 is 36.6 Å². The van der Waals surface area contributed by atoms with Crippen LogP contribution in [0.2, 0.25) is 0 Å². The number of rotatable bonds is 9. The smallest absolute Gasteiger partial charge is 0.453 e. The summed E-state index contributed by atoms with van der Waals surface area (Å²) in [6, 6.07) is 17.0. The molecule has 1 aromatic heterocycles. The molecule has 0 aliphatic carbocycles. The van der Waals surface area contributed by atoms with Gasteiger partial charge in [-0.15, -0.1) is 0 Å². The van der Waals surface area contributed by atoms with Gasteiger partial charge in [0.1, 0.15) is 22.8 Å². The number of fused-ring (bicyclic) bond motifs is 1. The first kappa shape index (κ1) is 27.6. The molecular weight excluding hydrogens is 515 g/mol. The Hall–Kier alpha value is -4.47. The molecule has 10 heteroatoms. The van der Waals surface area contributed by atoms with Crippen LogP contribution < -0.4 is 25.0 Å². The van der Waals surface area contributed by atoms with E-state index in [1.165, 1.54) is 18.2 Å². The topological polar surface area (TPSA) is 87.0 Å². The second-order valence-corrected chi connectivity index (χ2v) is 8.83. The zero-order valence-corrected chi connectivity index (χ0v) is 21.4. The molecule has 0 aliphatic rings. The molecule has 4 aromatic rings. The van der Waals surface area contributed by atoms with Crippen LogP contribution in [0.15, 0.2) is 75.9 Å². The van der Waals surface area contributed by atoms with Gasteiger partial charge in [-0.1, -0.05) is 32.0 Å². The molecule has 1 N–H and O–H groups in total. The number of carbonyl (C=O) groups excluding carboxylic acids is 1. The number of halogens is 3. The van der Waals surface area contributed by atoms with E-state index in [1.807, 2.05) is 20.8 Å². The molecule has 0 aliphatic heterocycles. The summed E-state index contributed by atoms with van der Waals surface area (Å²) in [5, 5.41) is 2.51. The fourth-order valence-electron chi connectivity index (χ4n) is 3.83. The number of benzene rings is 3. The molecule has 0 atom stereocenters. The Morgan fingerprint density at radius 2 is 1.67 bits per heavy atom. The van der Waals surface area contributed by atoms with Crippen molar-refractivity contribution in [2.75, 3.05) is 18.5 Å². The lowest BCUT2D eigenvalue weighted by Crippen LogP contribution is -2.20. The van der Waals surface area contributed by atoms with Crippen LogP contribution in [0.4, 0.5) is 18.9 Å². The fraction of sp³-hybridized carbons (Fsp3) is 0.241. The van der Waals surface area contributed by atoms with Gasteiger partial charge in [0, 0.05) is 11.8 Å². The number of carbonyl (C=O) groups is 1. The molecular formula is C29H26F3NO6. The predicted molar refractivity (Wildman–Crippen MR) is 140 cm³/mol. The summed E-state index contributed by atoms with van der Waals surface area (Å²) in [5.74, 6) is -2.25. The quantitative estimate of drug-likeness (QED) is 0.242. The van der Waals surface area contributed by atoms with E-state index in [0.717, 1.165) is 6.07 Å². The summed E-state index contributed by atoms with van der Waals surface area (Å²) in [7, 11) is 0. The lowest BCUT2D eigenvalue weighted by atomic mass is 10.0. The molecule has 0 unspecified atom stereocenters. The van der Waals surface area contributed by atoms with Crippen molar-refractivity contribution in [3.05, 3.63) is 88.3 Å². The largest absolute Gasteiger partial charge is 0.494 e. The highest BCUT2D eigenvalue weighted by Crippen LogP contribution is 2.40. The van der Waals surface area contributed by atoms with Gasteiger partial charge in [0.05, 0.1) is 12.0 Å². The molecule has 39 heavy (non-hydrogen) atoms. The van der Waals surface area contributed by atoms with Crippen LogP contribution in [0, 0.1) is 0 Å². The van der Waals surface area contributed by atoms with Crippen molar-refractivity contribution in [1.29, 1.82) is 0 Å². The van der Waals surface area contributed by atoms with Crippen LogP contribution in [0.25, 0.3) is 11.0 Å². The zero-order chi connectivity index (χ0) is 28.2. The lowest BCUT2D eigenvalue weighted by Gasteiger charge is -2.16. The number of amides is 1. The maximum absolute atomic E-state index is 13.9. The number of anilines is 1. The number of alkyl halides is 3. The van der Waals surface area contributed by atoms with Gasteiger partial charge < -0.3 is 23.9 Å². The van der Waals surface area contributed by atoms with E-state index in [0.29, 0.717) is 23.6 Å². The van der Waals surface area contributed by atoms with E-state index in [9.17, 15) is 22.8 Å². The number of hydrogen-bond acceptors (Lipinski definition) is 6. The maximum Gasteiger partial charge on any atom is 0.453 e. The van der Waals surface area contributed by atoms with E-state index in [-0.39, 0.29) is 28.4 Å². The molecule has 0 bridgehead atoms. The van der Waals surface area contributed by atoms with Crippen molar-refractivity contribution in [2.45, 2.75) is 32.9 Å². The van der Waals surface area contributed by atoms with Crippen molar-refractivity contribution in [3.63, 3.8) is 0 Å². The van der Waals surface area contributed by atoms with Gasteiger partial charge in [0.15, 0.2) is 6.61 Å². The van der Waals surface area contributed by atoms with Gasteiger partial charge in [-0.3, -0.25) is 9.59 Å². The molecule has 7 nitrogen and oxygen atoms in total. The third-order valence-electron chi connectivity index (χ3n) is 5.65. The molecule has 0 radical (unpaired) electrons. The number of nitrogens with one attached hydrogen (secondary N) is 1. The predicted octanol–water partition coefficient (Wildman–Crippen LogP) is 7.14. The van der Waals surface area contributed by atoms with E-state index in [4.69, 9.17) is 18.6 Å². The van der Waals surface area contributed by atoms with E-state index in [1.54, 1.807) is 42.5 Å². The Morgan fingerprint density at radius 3 is 2.33 bits per heavy atom. The second-order valence-electron chi connectivity index (χ2n) is 8.83. The third-order valence-corrected chi connectivity index (χ3v) is 5.65. The van der Waals surface area contributed by atoms with Crippen LogP contribution in [-0.2, 0) is 11.0 Å². The maximum atomic E-state index is 13.9. The first-order chi connectivity index (χ1) is 18.6. The number of ether oxygens (including phenoxy) is 3. The molecule has 3 aromatic carbocycles. The zero-order valence-electron chi connectivity index (χ0n) is 21.4. The third kappa shape index (κ3) is 6.51. The molecule has 0 spiro atoms.